The summed E-state index contributed by atoms with van der Waals surface area (Å²) < 4.78 is 0. The Kier molecular flexibility index (Phi) is 4.32. The zero-order valence-corrected chi connectivity index (χ0v) is 12.2. The summed E-state index contributed by atoms with van der Waals surface area (Å²) in [5.41, 5.74) is 9.01. The minimum absolute atomic E-state index is 0.123. The van der Waals surface area contributed by atoms with E-state index in [1.807, 2.05) is 0 Å². The van der Waals surface area contributed by atoms with Crippen LogP contribution in [0.5, 0.6) is 0 Å². The lowest BCUT2D eigenvalue weighted by Crippen LogP contribution is -2.11. The summed E-state index contributed by atoms with van der Waals surface area (Å²) in [5, 5.41) is 8.60. The van der Waals surface area contributed by atoms with Crippen LogP contribution in [0, 0.1) is 5.41 Å². The average molecular weight is 273 g/mol. The fourth-order valence-electron chi connectivity index (χ4n) is 1.97. The molecule has 3 nitrogen and oxygen atoms in total. The number of hydrogen-bond acceptors (Lipinski definition) is 3. The van der Waals surface area contributed by atoms with E-state index < -0.39 is 0 Å². The van der Waals surface area contributed by atoms with Gasteiger partial charge in [-0.25, -0.2) is 4.98 Å². The number of nitrogen functional groups attached to an aromatic ring is 1. The zero-order valence-electron chi connectivity index (χ0n) is 11.4. The molecule has 0 spiro atoms. The first-order chi connectivity index (χ1) is 9.15. The highest BCUT2D eigenvalue weighted by atomic mass is 32.1. The van der Waals surface area contributed by atoms with E-state index in [4.69, 9.17) is 11.1 Å². The number of nitrogens with two attached hydrogens (primary N) is 1. The standard InChI is InChI=1S/C15H19N3S/c1-3-5-12-13(14(16)17)19-15(18-12)11-8-6-10(4-2)7-9-11/h6-9H,3-5H2,1-2H3,(H3,16,17). The molecular weight excluding hydrogens is 254 g/mol. The van der Waals surface area contributed by atoms with Crippen molar-refractivity contribution >= 4 is 17.2 Å². The van der Waals surface area contributed by atoms with Crippen molar-refractivity contribution in [2.75, 3.05) is 0 Å². The van der Waals surface area contributed by atoms with Crippen LogP contribution in [0.25, 0.3) is 10.6 Å². The molecule has 2 aromatic rings. The van der Waals surface area contributed by atoms with Crippen LogP contribution in [0.15, 0.2) is 24.3 Å². The zero-order chi connectivity index (χ0) is 13.8. The molecule has 0 aliphatic carbocycles. The van der Waals surface area contributed by atoms with Gasteiger partial charge in [-0.15, -0.1) is 11.3 Å². The normalized spacial score (nSPS) is 10.6. The third kappa shape index (κ3) is 3.01. The van der Waals surface area contributed by atoms with Gasteiger partial charge in [0.1, 0.15) is 10.8 Å². The minimum atomic E-state index is 0.123. The second kappa shape index (κ2) is 5.97. The number of aryl methyl sites for hydroxylation is 2. The van der Waals surface area contributed by atoms with Crippen LogP contribution >= 0.6 is 11.3 Å². The van der Waals surface area contributed by atoms with E-state index in [-0.39, 0.29) is 5.84 Å². The highest BCUT2D eigenvalue weighted by Crippen LogP contribution is 2.28. The maximum atomic E-state index is 7.64. The molecule has 0 unspecified atom stereocenters. The summed E-state index contributed by atoms with van der Waals surface area (Å²) in [4.78, 5) is 5.46. The molecule has 1 aromatic carbocycles. The molecule has 0 amide bonds. The lowest BCUT2D eigenvalue weighted by molar-refractivity contribution is 0.891. The quantitative estimate of drug-likeness (QED) is 0.645. The molecule has 19 heavy (non-hydrogen) atoms. The van der Waals surface area contributed by atoms with Gasteiger partial charge in [0, 0.05) is 5.56 Å². The van der Waals surface area contributed by atoms with Crippen molar-refractivity contribution in [3.05, 3.63) is 40.4 Å². The van der Waals surface area contributed by atoms with E-state index >= 15 is 0 Å². The number of nitrogens with one attached hydrogen (secondary N) is 1. The molecule has 1 heterocycles. The second-order valence-corrected chi connectivity index (χ2v) is 5.51. The Morgan fingerprint density at radius 1 is 1.26 bits per heavy atom. The first kappa shape index (κ1) is 13.7. The van der Waals surface area contributed by atoms with Crippen molar-refractivity contribution in [2.24, 2.45) is 5.73 Å². The van der Waals surface area contributed by atoms with Gasteiger partial charge in [-0.2, -0.15) is 0 Å². The third-order valence-corrected chi connectivity index (χ3v) is 4.22. The van der Waals surface area contributed by atoms with E-state index in [2.05, 4.69) is 43.1 Å². The van der Waals surface area contributed by atoms with Gasteiger partial charge >= 0.3 is 0 Å². The third-order valence-electron chi connectivity index (χ3n) is 3.04. The topological polar surface area (TPSA) is 62.8 Å². The molecular formula is C15H19N3S. The predicted octanol–water partition coefficient (Wildman–Crippen LogP) is 3.61. The van der Waals surface area contributed by atoms with Crippen molar-refractivity contribution in [3.63, 3.8) is 0 Å². The van der Waals surface area contributed by atoms with Gasteiger partial charge < -0.3 is 5.73 Å². The molecule has 1 aromatic heterocycles. The predicted molar refractivity (Wildman–Crippen MR) is 81.9 cm³/mol. The van der Waals surface area contributed by atoms with Crippen LogP contribution in [-0.4, -0.2) is 10.8 Å². The van der Waals surface area contributed by atoms with E-state index in [9.17, 15) is 0 Å². The number of aromatic nitrogens is 1. The summed E-state index contributed by atoms with van der Waals surface area (Å²) in [6.07, 6.45) is 2.93. The number of hydrogen-bond donors (Lipinski definition) is 2. The fourth-order valence-corrected chi connectivity index (χ4v) is 2.95. The van der Waals surface area contributed by atoms with Gasteiger partial charge in [0.25, 0.3) is 0 Å². The van der Waals surface area contributed by atoms with Gasteiger partial charge in [-0.1, -0.05) is 44.5 Å². The lowest BCUT2D eigenvalue weighted by Gasteiger charge is -1.98. The van der Waals surface area contributed by atoms with Gasteiger partial charge in [0.15, 0.2) is 0 Å². The minimum Gasteiger partial charge on any atom is -0.383 e. The van der Waals surface area contributed by atoms with Crippen LogP contribution in [0.3, 0.4) is 0 Å². The van der Waals surface area contributed by atoms with E-state index in [0.29, 0.717) is 0 Å². The summed E-state index contributed by atoms with van der Waals surface area (Å²) in [7, 11) is 0. The number of benzene rings is 1. The summed E-state index contributed by atoms with van der Waals surface area (Å²) in [5.74, 6) is 0.123. The molecule has 100 valence electrons. The largest absolute Gasteiger partial charge is 0.383 e. The molecule has 0 saturated carbocycles. The van der Waals surface area contributed by atoms with Crippen LogP contribution < -0.4 is 5.73 Å². The maximum absolute atomic E-state index is 7.64. The lowest BCUT2D eigenvalue weighted by atomic mass is 10.1. The van der Waals surface area contributed by atoms with Gasteiger partial charge in [0.2, 0.25) is 0 Å². The van der Waals surface area contributed by atoms with Crippen LogP contribution in [0.1, 0.15) is 36.4 Å². The molecule has 0 saturated heterocycles. The fraction of sp³-hybridized carbons (Fsp3) is 0.333. The Balaban J connectivity index is 2.38. The monoisotopic (exact) mass is 273 g/mol. The molecule has 0 atom stereocenters. The molecule has 0 aliphatic heterocycles. The van der Waals surface area contributed by atoms with Crippen LogP contribution in [0.2, 0.25) is 0 Å². The number of nitrogens with zero attached hydrogens (tertiary/aromatic N) is 1. The molecule has 0 fully saturated rings. The van der Waals surface area contributed by atoms with Gasteiger partial charge in [-0.3, -0.25) is 5.41 Å². The highest BCUT2D eigenvalue weighted by Gasteiger charge is 2.13. The Morgan fingerprint density at radius 2 is 1.95 bits per heavy atom. The maximum Gasteiger partial charge on any atom is 0.135 e. The number of amidine groups is 1. The van der Waals surface area contributed by atoms with Crippen molar-refractivity contribution < 1.29 is 0 Å². The van der Waals surface area contributed by atoms with E-state index in [0.717, 1.165) is 40.4 Å². The Morgan fingerprint density at radius 3 is 2.47 bits per heavy atom. The number of rotatable bonds is 5. The van der Waals surface area contributed by atoms with Crippen molar-refractivity contribution in [2.45, 2.75) is 33.1 Å². The Hall–Kier alpha value is -1.68. The van der Waals surface area contributed by atoms with Gasteiger partial charge in [0.05, 0.1) is 10.6 Å². The van der Waals surface area contributed by atoms with Crippen LogP contribution in [-0.2, 0) is 12.8 Å². The SMILES string of the molecule is CCCc1nc(-c2ccc(CC)cc2)sc1C(=N)N. The van der Waals surface area contributed by atoms with Gasteiger partial charge in [-0.05, 0) is 18.4 Å². The van der Waals surface area contributed by atoms with E-state index in [1.54, 1.807) is 0 Å². The molecule has 0 bridgehead atoms. The summed E-state index contributed by atoms with van der Waals surface area (Å²) >= 11 is 1.51. The molecule has 2 rings (SSSR count). The molecule has 0 radical (unpaired) electrons. The molecule has 0 aliphatic rings. The average Bonchev–Trinajstić information content (AvgIpc) is 2.83. The first-order valence-corrected chi connectivity index (χ1v) is 7.40. The van der Waals surface area contributed by atoms with E-state index in [1.165, 1.54) is 16.9 Å². The van der Waals surface area contributed by atoms with Crippen LogP contribution in [0.4, 0.5) is 0 Å². The van der Waals surface area contributed by atoms with Crippen molar-refractivity contribution in [1.29, 1.82) is 5.41 Å². The Labute approximate surface area is 118 Å². The van der Waals surface area contributed by atoms with Crippen molar-refractivity contribution in [3.8, 4) is 10.6 Å². The number of thiazole rings is 1. The summed E-state index contributed by atoms with van der Waals surface area (Å²) in [6, 6.07) is 8.45. The molecule has 4 heteroatoms. The Bertz CT molecular complexity index is 570. The second-order valence-electron chi connectivity index (χ2n) is 4.51. The molecule has 3 N–H and O–H groups in total. The first-order valence-electron chi connectivity index (χ1n) is 6.59. The summed E-state index contributed by atoms with van der Waals surface area (Å²) in [6.45, 7) is 4.25. The van der Waals surface area contributed by atoms with Crippen molar-refractivity contribution in [1.82, 2.24) is 4.98 Å². The smallest absolute Gasteiger partial charge is 0.135 e. The highest BCUT2D eigenvalue weighted by molar-refractivity contribution is 7.17.